The van der Waals surface area contributed by atoms with E-state index in [4.69, 9.17) is 16.7 Å². The fraction of sp³-hybridized carbons (Fsp3) is 0.0625. The lowest BCUT2D eigenvalue weighted by atomic mass is 10.1. The molecule has 0 aliphatic heterocycles. The minimum absolute atomic E-state index is 0.285. The molecule has 2 heterocycles. The normalized spacial score (nSPS) is 10.8. The first-order valence-corrected chi connectivity index (χ1v) is 8.15. The molecule has 0 saturated heterocycles. The molecule has 0 aliphatic carbocycles. The van der Waals surface area contributed by atoms with Gasteiger partial charge in [0.1, 0.15) is 5.56 Å². The SMILES string of the molecule is Cn1c(=O)c(C(=O)NC(=O)O)c(O)c2sc(-c3ccccc3Cl)cc21. The molecule has 0 aliphatic rings. The zero-order valence-electron chi connectivity index (χ0n) is 12.7. The molecule has 0 radical (unpaired) electrons. The second kappa shape index (κ2) is 6.23. The number of fused-ring (bicyclic) bond motifs is 1. The van der Waals surface area contributed by atoms with Crippen LogP contribution in [-0.4, -0.2) is 26.8 Å². The van der Waals surface area contributed by atoms with Crippen molar-refractivity contribution in [1.29, 1.82) is 0 Å². The van der Waals surface area contributed by atoms with Gasteiger partial charge in [0.2, 0.25) is 0 Å². The van der Waals surface area contributed by atoms with Crippen LogP contribution >= 0.6 is 22.9 Å². The van der Waals surface area contributed by atoms with Gasteiger partial charge in [-0.05, 0) is 12.1 Å². The number of aryl methyl sites for hydroxylation is 1. The van der Waals surface area contributed by atoms with Gasteiger partial charge in [0.25, 0.3) is 11.5 Å². The Balaban J connectivity index is 2.27. The van der Waals surface area contributed by atoms with Gasteiger partial charge in [-0.25, -0.2) is 4.79 Å². The van der Waals surface area contributed by atoms with E-state index in [0.29, 0.717) is 21.0 Å². The third-order valence-corrected chi connectivity index (χ3v) is 5.12. The van der Waals surface area contributed by atoms with Crippen molar-refractivity contribution in [3.05, 3.63) is 51.3 Å². The third kappa shape index (κ3) is 2.86. The number of nitrogens with zero attached hydrogens (tertiary/aromatic N) is 1. The summed E-state index contributed by atoms with van der Waals surface area (Å²) in [6.45, 7) is 0. The first-order valence-electron chi connectivity index (χ1n) is 6.96. The largest absolute Gasteiger partial charge is 0.505 e. The number of carbonyl (C=O) groups is 2. The molecular formula is C16H11ClN2O5S. The summed E-state index contributed by atoms with van der Waals surface area (Å²) in [5.41, 5.74) is -0.291. The van der Waals surface area contributed by atoms with Gasteiger partial charge in [0.05, 0.1) is 10.2 Å². The molecule has 2 aromatic heterocycles. The molecule has 0 saturated carbocycles. The van der Waals surface area contributed by atoms with Gasteiger partial charge >= 0.3 is 6.09 Å². The molecule has 3 aromatic rings. The molecule has 0 fully saturated rings. The van der Waals surface area contributed by atoms with Crippen LogP contribution in [0.15, 0.2) is 35.1 Å². The second-order valence-electron chi connectivity index (χ2n) is 5.15. The monoisotopic (exact) mass is 378 g/mol. The number of rotatable bonds is 2. The quantitative estimate of drug-likeness (QED) is 0.635. The number of imide groups is 1. The van der Waals surface area contributed by atoms with Crippen LogP contribution in [0, 0.1) is 0 Å². The van der Waals surface area contributed by atoms with E-state index in [-0.39, 0.29) is 4.70 Å². The molecule has 25 heavy (non-hydrogen) atoms. The standard InChI is InChI=1S/C16H11ClN2O5S/c1-19-9-6-10(7-4-2-3-5-8(7)17)25-13(9)12(20)11(15(19)22)14(21)18-16(23)24/h2-6,20H,1H3,(H,18,21)(H,23,24). The highest BCUT2D eigenvalue weighted by molar-refractivity contribution is 7.22. The lowest BCUT2D eigenvalue weighted by molar-refractivity contribution is 0.0944. The predicted octanol–water partition coefficient (Wildman–Crippen LogP) is 3.03. The molecule has 1 aromatic carbocycles. The molecule has 0 spiro atoms. The number of carbonyl (C=O) groups excluding carboxylic acids is 1. The number of carboxylic acid groups (broad SMARTS) is 1. The van der Waals surface area contributed by atoms with E-state index in [1.165, 1.54) is 11.6 Å². The highest BCUT2D eigenvalue weighted by Crippen LogP contribution is 2.40. The Morgan fingerprint density at radius 2 is 1.96 bits per heavy atom. The number of amides is 2. The Bertz CT molecular complexity index is 1090. The molecule has 3 rings (SSSR count). The van der Waals surface area contributed by atoms with Gasteiger partial charge < -0.3 is 14.8 Å². The number of hydrogen-bond donors (Lipinski definition) is 3. The van der Waals surface area contributed by atoms with Crippen LogP contribution in [-0.2, 0) is 7.05 Å². The van der Waals surface area contributed by atoms with E-state index in [2.05, 4.69) is 0 Å². The van der Waals surface area contributed by atoms with Crippen molar-refractivity contribution in [2.75, 3.05) is 0 Å². The van der Waals surface area contributed by atoms with Crippen LogP contribution in [0.5, 0.6) is 5.75 Å². The molecule has 7 nitrogen and oxygen atoms in total. The number of benzene rings is 1. The maximum atomic E-state index is 12.4. The zero-order chi connectivity index (χ0) is 18.3. The summed E-state index contributed by atoms with van der Waals surface area (Å²) in [7, 11) is 1.44. The molecule has 0 bridgehead atoms. The fourth-order valence-electron chi connectivity index (χ4n) is 2.45. The van der Waals surface area contributed by atoms with Crippen molar-refractivity contribution in [1.82, 2.24) is 9.88 Å². The minimum atomic E-state index is -1.62. The third-order valence-electron chi connectivity index (χ3n) is 3.63. The van der Waals surface area contributed by atoms with Gasteiger partial charge in [-0.3, -0.25) is 14.9 Å². The van der Waals surface area contributed by atoms with Gasteiger partial charge in [-0.1, -0.05) is 29.8 Å². The van der Waals surface area contributed by atoms with E-state index in [1.54, 1.807) is 35.6 Å². The van der Waals surface area contributed by atoms with Crippen molar-refractivity contribution < 1.29 is 19.8 Å². The van der Waals surface area contributed by atoms with Gasteiger partial charge in [-0.15, -0.1) is 11.3 Å². The van der Waals surface area contributed by atoms with Crippen molar-refractivity contribution in [2.45, 2.75) is 0 Å². The van der Waals surface area contributed by atoms with E-state index < -0.39 is 28.9 Å². The molecule has 0 unspecified atom stereocenters. The minimum Gasteiger partial charge on any atom is -0.505 e. The number of hydrogen-bond acceptors (Lipinski definition) is 5. The number of halogens is 1. The Morgan fingerprint density at radius 1 is 1.28 bits per heavy atom. The Kier molecular flexibility index (Phi) is 4.23. The van der Waals surface area contributed by atoms with Crippen LogP contribution < -0.4 is 10.9 Å². The van der Waals surface area contributed by atoms with Crippen molar-refractivity contribution in [3.8, 4) is 16.2 Å². The summed E-state index contributed by atoms with van der Waals surface area (Å²) in [4.78, 5) is 35.7. The van der Waals surface area contributed by atoms with E-state index in [0.717, 1.165) is 11.3 Å². The van der Waals surface area contributed by atoms with Crippen molar-refractivity contribution >= 4 is 45.2 Å². The number of pyridine rings is 1. The van der Waals surface area contributed by atoms with Crippen LogP contribution in [0.1, 0.15) is 10.4 Å². The predicted molar refractivity (Wildman–Crippen MR) is 94.7 cm³/mol. The fourth-order valence-corrected chi connectivity index (χ4v) is 3.92. The van der Waals surface area contributed by atoms with Gasteiger partial charge in [0, 0.05) is 22.5 Å². The summed E-state index contributed by atoms with van der Waals surface area (Å²) in [6.07, 6.45) is -1.62. The molecule has 3 N–H and O–H groups in total. The Labute approximate surface area is 149 Å². The maximum absolute atomic E-state index is 12.4. The summed E-state index contributed by atoms with van der Waals surface area (Å²) < 4.78 is 1.47. The number of aromatic hydroxyl groups is 1. The lowest BCUT2D eigenvalue weighted by Gasteiger charge is -2.07. The summed E-state index contributed by atoms with van der Waals surface area (Å²) in [5.74, 6) is -1.74. The van der Waals surface area contributed by atoms with Crippen LogP contribution in [0.4, 0.5) is 4.79 Å². The van der Waals surface area contributed by atoms with Gasteiger partial charge in [-0.2, -0.15) is 0 Å². The summed E-state index contributed by atoms with van der Waals surface area (Å²) in [5, 5.41) is 21.1. The second-order valence-corrected chi connectivity index (χ2v) is 6.61. The Hall–Kier alpha value is -2.84. The Morgan fingerprint density at radius 3 is 2.60 bits per heavy atom. The smallest absolute Gasteiger partial charge is 0.411 e. The summed E-state index contributed by atoms with van der Waals surface area (Å²) >= 11 is 7.33. The average Bonchev–Trinajstić information content (AvgIpc) is 2.98. The van der Waals surface area contributed by atoms with Crippen LogP contribution in [0.3, 0.4) is 0 Å². The molecule has 128 valence electrons. The summed E-state index contributed by atoms with van der Waals surface area (Å²) in [6, 6.07) is 8.77. The van der Waals surface area contributed by atoms with E-state index in [1.807, 2.05) is 0 Å². The lowest BCUT2D eigenvalue weighted by Crippen LogP contribution is -2.35. The first kappa shape index (κ1) is 17.0. The molecule has 2 amide bonds. The van der Waals surface area contributed by atoms with Crippen molar-refractivity contribution in [3.63, 3.8) is 0 Å². The topological polar surface area (TPSA) is 109 Å². The number of aromatic nitrogens is 1. The number of nitrogens with one attached hydrogen (secondary N) is 1. The van der Waals surface area contributed by atoms with Gasteiger partial charge in [0.15, 0.2) is 5.75 Å². The molecular weight excluding hydrogens is 368 g/mol. The zero-order valence-corrected chi connectivity index (χ0v) is 14.3. The average molecular weight is 379 g/mol. The molecule has 9 heteroatoms. The maximum Gasteiger partial charge on any atom is 0.411 e. The van der Waals surface area contributed by atoms with Crippen LogP contribution in [0.25, 0.3) is 20.7 Å². The van der Waals surface area contributed by atoms with E-state index in [9.17, 15) is 19.5 Å². The number of thiophene rings is 1. The highest BCUT2D eigenvalue weighted by Gasteiger charge is 2.24. The molecule has 0 atom stereocenters. The van der Waals surface area contributed by atoms with E-state index >= 15 is 0 Å². The van der Waals surface area contributed by atoms with Crippen molar-refractivity contribution in [2.24, 2.45) is 7.05 Å². The first-order chi connectivity index (χ1) is 11.8. The van der Waals surface area contributed by atoms with Crippen LogP contribution in [0.2, 0.25) is 5.02 Å². The highest BCUT2D eigenvalue weighted by atomic mass is 35.5.